The highest BCUT2D eigenvalue weighted by molar-refractivity contribution is 8.15. The van der Waals surface area contributed by atoms with Gasteiger partial charge in [0.1, 0.15) is 11.7 Å². The molecule has 11 rings (SSSR count). The van der Waals surface area contributed by atoms with E-state index < -0.39 is 0 Å². The molecule has 0 amide bonds. The minimum absolute atomic E-state index is 0.472. The van der Waals surface area contributed by atoms with Crippen LogP contribution in [0.25, 0.3) is 84.2 Å². The second-order valence-corrected chi connectivity index (χ2v) is 16.1. The topological polar surface area (TPSA) is 29.6 Å². The number of fused-ring (bicyclic) bond motifs is 14. The SMILES string of the molecule is C=N/C(=C1\C(=N/Cn2c3ccccc3c3c4ccccc4c4sc5ccccc5c4c32)Sc2ccccc21)c1ccc2sc3ccccc3c2c1. The molecule has 0 saturated heterocycles. The van der Waals surface area contributed by atoms with Gasteiger partial charge in [0.25, 0.3) is 0 Å². The molecule has 1 aliphatic heterocycles. The standard InChI is InChI=1S/C45H27N3S3/c1-46-42(26-22-23-38-33(24-26)27-12-5-9-19-35(27)49-38)40-31-16-6-11-21-37(31)51-45(40)47-25-48-34-18-8-4-15-30(34)39-28-13-2-3-14-29(28)44-41(43(39)48)32-17-7-10-20-36(32)50-44/h2-24H,1,25H2/b42-40-,47-45+. The van der Waals surface area contributed by atoms with Gasteiger partial charge < -0.3 is 4.57 Å². The predicted octanol–water partition coefficient (Wildman–Crippen LogP) is 13.4. The van der Waals surface area contributed by atoms with E-state index >= 15 is 0 Å². The van der Waals surface area contributed by atoms with Crippen LogP contribution in [-0.2, 0) is 6.67 Å². The summed E-state index contributed by atoms with van der Waals surface area (Å²) in [5.74, 6) is 0. The van der Waals surface area contributed by atoms with Gasteiger partial charge in [-0.3, -0.25) is 9.98 Å². The summed E-state index contributed by atoms with van der Waals surface area (Å²) in [6.45, 7) is 4.60. The van der Waals surface area contributed by atoms with Crippen LogP contribution in [0.2, 0.25) is 0 Å². The molecule has 3 aromatic heterocycles. The molecule has 0 aliphatic carbocycles. The first-order chi connectivity index (χ1) is 25.3. The zero-order chi connectivity index (χ0) is 33.6. The van der Waals surface area contributed by atoms with Crippen LogP contribution in [0, 0.1) is 0 Å². The minimum atomic E-state index is 0.472. The van der Waals surface area contributed by atoms with Crippen molar-refractivity contribution in [1.82, 2.24) is 4.57 Å². The first-order valence-electron chi connectivity index (χ1n) is 16.9. The van der Waals surface area contributed by atoms with Gasteiger partial charge in [0.2, 0.25) is 0 Å². The van der Waals surface area contributed by atoms with Crippen molar-refractivity contribution in [3.05, 3.63) is 151 Å². The fraction of sp³-hybridized carbons (Fsp3) is 0.0222. The summed E-state index contributed by atoms with van der Waals surface area (Å²) in [7, 11) is 0. The van der Waals surface area contributed by atoms with E-state index in [1.54, 1.807) is 11.8 Å². The summed E-state index contributed by atoms with van der Waals surface area (Å²) in [5, 5.41) is 11.2. The lowest BCUT2D eigenvalue weighted by Crippen LogP contribution is -2.01. The van der Waals surface area contributed by atoms with E-state index in [-0.39, 0.29) is 0 Å². The van der Waals surface area contributed by atoms with Gasteiger partial charge >= 0.3 is 0 Å². The molecule has 0 radical (unpaired) electrons. The van der Waals surface area contributed by atoms with E-state index in [1.807, 2.05) is 22.7 Å². The number of thioether (sulfide) groups is 1. The third kappa shape index (κ3) is 4.24. The van der Waals surface area contributed by atoms with Gasteiger partial charge in [0, 0.05) is 78.1 Å². The number of rotatable bonds is 4. The summed E-state index contributed by atoms with van der Waals surface area (Å²) in [5.41, 5.74) is 6.54. The number of aliphatic imine (C=N–C) groups is 2. The molecule has 10 aromatic rings. The Morgan fingerprint density at radius 1 is 0.588 bits per heavy atom. The molecule has 51 heavy (non-hydrogen) atoms. The van der Waals surface area contributed by atoms with Gasteiger partial charge in [0.05, 0.1) is 16.7 Å². The smallest absolute Gasteiger partial charge is 0.116 e. The van der Waals surface area contributed by atoms with Gasteiger partial charge in [-0.1, -0.05) is 115 Å². The molecule has 0 N–H and O–H groups in total. The monoisotopic (exact) mass is 705 g/mol. The first-order valence-corrected chi connectivity index (χ1v) is 19.4. The van der Waals surface area contributed by atoms with Gasteiger partial charge in [0.15, 0.2) is 0 Å². The van der Waals surface area contributed by atoms with E-state index in [9.17, 15) is 0 Å². The molecule has 0 bridgehead atoms. The Balaban J connectivity index is 1.17. The Morgan fingerprint density at radius 3 is 2.10 bits per heavy atom. The highest BCUT2D eigenvalue weighted by Gasteiger charge is 2.28. The number of hydrogen-bond acceptors (Lipinski definition) is 5. The summed E-state index contributed by atoms with van der Waals surface area (Å²) >= 11 is 5.45. The number of benzene rings is 7. The normalized spacial score (nSPS) is 15.0. The fourth-order valence-electron chi connectivity index (χ4n) is 8.05. The van der Waals surface area contributed by atoms with Crippen LogP contribution in [-0.4, -0.2) is 16.3 Å². The number of hydrogen-bond donors (Lipinski definition) is 0. The molecule has 240 valence electrons. The molecular weight excluding hydrogens is 679 g/mol. The van der Waals surface area contributed by atoms with Gasteiger partial charge in [-0.2, -0.15) is 0 Å². The van der Waals surface area contributed by atoms with Gasteiger partial charge in [-0.15, -0.1) is 22.7 Å². The molecular formula is C45H27N3S3. The lowest BCUT2D eigenvalue weighted by atomic mass is 9.99. The summed E-state index contributed by atoms with van der Waals surface area (Å²) in [4.78, 5) is 11.4. The third-order valence-electron chi connectivity index (χ3n) is 10.2. The second-order valence-electron chi connectivity index (χ2n) is 12.9. The number of thiophene rings is 2. The van der Waals surface area contributed by atoms with Crippen molar-refractivity contribution < 1.29 is 0 Å². The Hall–Kier alpha value is -5.53. The van der Waals surface area contributed by atoms with Crippen LogP contribution in [0.3, 0.4) is 0 Å². The Morgan fingerprint density at radius 2 is 1.25 bits per heavy atom. The van der Waals surface area contributed by atoms with Crippen molar-refractivity contribution in [1.29, 1.82) is 0 Å². The largest absolute Gasteiger partial charge is 0.320 e. The molecule has 4 heterocycles. The zero-order valence-corrected chi connectivity index (χ0v) is 29.7. The van der Waals surface area contributed by atoms with Gasteiger partial charge in [-0.25, -0.2) is 0 Å². The third-order valence-corrected chi connectivity index (χ3v) is 13.7. The van der Waals surface area contributed by atoms with Crippen molar-refractivity contribution in [3.8, 4) is 0 Å². The number of nitrogens with zero attached hydrogens (tertiary/aromatic N) is 3. The lowest BCUT2D eigenvalue weighted by molar-refractivity contribution is 0.798. The van der Waals surface area contributed by atoms with Crippen LogP contribution in [0.1, 0.15) is 11.1 Å². The Labute approximate surface area is 305 Å². The molecule has 7 aromatic carbocycles. The molecule has 3 nitrogen and oxygen atoms in total. The van der Waals surface area contributed by atoms with Crippen molar-refractivity contribution in [2.75, 3.05) is 0 Å². The van der Waals surface area contributed by atoms with Crippen molar-refractivity contribution in [2.24, 2.45) is 9.98 Å². The highest BCUT2D eigenvalue weighted by atomic mass is 32.2. The van der Waals surface area contributed by atoms with Crippen LogP contribution >= 0.6 is 34.4 Å². The maximum atomic E-state index is 5.51. The second kappa shape index (κ2) is 11.2. The van der Waals surface area contributed by atoms with Crippen molar-refractivity contribution in [2.45, 2.75) is 11.6 Å². The Bertz CT molecular complexity index is 3170. The molecule has 6 heteroatoms. The van der Waals surface area contributed by atoms with E-state index in [0.717, 1.165) is 27.4 Å². The molecule has 1 aliphatic rings. The van der Waals surface area contributed by atoms with Crippen molar-refractivity contribution in [3.63, 3.8) is 0 Å². The first kappa shape index (κ1) is 29.2. The quantitative estimate of drug-likeness (QED) is 0.168. The average Bonchev–Trinajstić information content (AvgIpc) is 3.94. The molecule has 0 spiro atoms. The van der Waals surface area contributed by atoms with E-state index in [1.165, 1.54) is 77.8 Å². The highest BCUT2D eigenvalue weighted by Crippen LogP contribution is 2.49. The zero-order valence-electron chi connectivity index (χ0n) is 27.3. The van der Waals surface area contributed by atoms with E-state index in [0.29, 0.717) is 6.67 Å². The van der Waals surface area contributed by atoms with E-state index in [4.69, 9.17) is 9.98 Å². The van der Waals surface area contributed by atoms with Crippen LogP contribution in [0.15, 0.2) is 154 Å². The molecule has 0 atom stereocenters. The summed E-state index contributed by atoms with van der Waals surface area (Å²) in [6.07, 6.45) is 0. The molecule has 0 saturated carbocycles. The minimum Gasteiger partial charge on any atom is -0.320 e. The number of para-hydroxylation sites is 1. The summed E-state index contributed by atoms with van der Waals surface area (Å²) in [6, 6.07) is 50.4. The molecule has 0 unspecified atom stereocenters. The van der Waals surface area contributed by atoms with Crippen LogP contribution in [0.5, 0.6) is 0 Å². The predicted molar refractivity (Wildman–Crippen MR) is 225 cm³/mol. The van der Waals surface area contributed by atoms with E-state index in [2.05, 4.69) is 151 Å². The lowest BCUT2D eigenvalue weighted by Gasteiger charge is -2.11. The average molecular weight is 706 g/mol. The van der Waals surface area contributed by atoms with Gasteiger partial charge in [-0.05, 0) is 48.5 Å². The Kier molecular flexibility index (Phi) is 6.44. The van der Waals surface area contributed by atoms with Crippen LogP contribution in [0.4, 0.5) is 0 Å². The molecule has 0 fully saturated rings. The number of aromatic nitrogens is 1. The van der Waals surface area contributed by atoms with Crippen LogP contribution < -0.4 is 0 Å². The maximum absolute atomic E-state index is 5.51. The summed E-state index contributed by atoms with van der Waals surface area (Å²) < 4.78 is 7.64. The van der Waals surface area contributed by atoms with Crippen molar-refractivity contribution >= 4 is 130 Å². The fourth-order valence-corrected chi connectivity index (χ4v) is 11.4. The maximum Gasteiger partial charge on any atom is 0.116 e.